The number of aliphatic hydroxyl groups excluding tert-OH is 2. The molecule has 1 saturated carbocycles. The van der Waals surface area contributed by atoms with Gasteiger partial charge in [0.25, 0.3) is 11.8 Å². The Morgan fingerprint density at radius 3 is 2.48 bits per heavy atom. The van der Waals surface area contributed by atoms with Crippen molar-refractivity contribution in [2.24, 2.45) is 23.5 Å². The molecule has 0 spiro atoms. The molecule has 1 aromatic carbocycles. The molecule has 4 aliphatic carbocycles. The molecule has 0 saturated heterocycles. The SMILES string of the molecule is CN(C)[C@H]1C(O)=C(C(N)=O)C(=O)[C@]2(O)C(O)=C3C(=O)c4c(O)c(CNC(=O)c5cccnc5)cc(CCC5CCCCC5)c4C[C@H]3C[C@@H]12. The normalized spacial score (nSPS) is 25.9. The summed E-state index contributed by atoms with van der Waals surface area (Å²) in [6.45, 7) is -0.0912. The van der Waals surface area contributed by atoms with E-state index in [0.29, 0.717) is 29.0 Å². The number of amides is 2. The van der Waals surface area contributed by atoms with Crippen LogP contribution in [0, 0.1) is 17.8 Å². The molecule has 6 rings (SSSR count). The predicted molar refractivity (Wildman–Crippen MR) is 174 cm³/mol. The zero-order chi connectivity index (χ0) is 34.5. The molecule has 1 fully saturated rings. The molecular weight excluding hydrogens is 616 g/mol. The summed E-state index contributed by atoms with van der Waals surface area (Å²) in [5, 5.41) is 49.0. The molecule has 7 N–H and O–H groups in total. The van der Waals surface area contributed by atoms with Crippen LogP contribution < -0.4 is 11.1 Å². The van der Waals surface area contributed by atoms with E-state index in [0.717, 1.165) is 24.8 Å². The lowest BCUT2D eigenvalue weighted by Crippen LogP contribution is -2.63. The first-order chi connectivity index (χ1) is 22.9. The van der Waals surface area contributed by atoms with Crippen molar-refractivity contribution in [1.29, 1.82) is 0 Å². The second-order valence-corrected chi connectivity index (χ2v) is 13.8. The molecule has 0 unspecified atom stereocenters. The van der Waals surface area contributed by atoms with Gasteiger partial charge in [0.05, 0.1) is 17.2 Å². The maximum absolute atomic E-state index is 14.4. The minimum Gasteiger partial charge on any atom is -0.510 e. The van der Waals surface area contributed by atoms with Gasteiger partial charge in [0, 0.05) is 36.0 Å². The van der Waals surface area contributed by atoms with E-state index in [1.165, 1.54) is 30.4 Å². The largest absolute Gasteiger partial charge is 0.510 e. The number of rotatable bonds is 8. The molecule has 12 heteroatoms. The van der Waals surface area contributed by atoms with Crippen LogP contribution in [0.25, 0.3) is 0 Å². The van der Waals surface area contributed by atoms with Gasteiger partial charge in [-0.3, -0.25) is 29.1 Å². The maximum Gasteiger partial charge on any atom is 0.255 e. The molecule has 2 aromatic rings. The van der Waals surface area contributed by atoms with Gasteiger partial charge in [-0.1, -0.05) is 38.2 Å². The van der Waals surface area contributed by atoms with E-state index >= 15 is 0 Å². The van der Waals surface area contributed by atoms with Crippen LogP contribution in [0.2, 0.25) is 0 Å². The van der Waals surface area contributed by atoms with Crippen LogP contribution in [0.4, 0.5) is 0 Å². The summed E-state index contributed by atoms with van der Waals surface area (Å²) in [6, 6.07) is 4.02. The maximum atomic E-state index is 14.4. The van der Waals surface area contributed by atoms with Crippen LogP contribution in [-0.2, 0) is 29.0 Å². The number of fused-ring (bicyclic) bond motifs is 3. The van der Waals surface area contributed by atoms with E-state index in [9.17, 15) is 39.6 Å². The molecule has 0 aliphatic heterocycles. The molecule has 1 heterocycles. The number of benzene rings is 1. The van der Waals surface area contributed by atoms with Crippen LogP contribution in [0.15, 0.2) is 53.3 Å². The highest BCUT2D eigenvalue weighted by molar-refractivity contribution is 6.24. The number of aryl methyl sites for hydroxylation is 1. The number of carbonyl (C=O) groups excluding carboxylic acids is 4. The number of aromatic nitrogens is 1. The Morgan fingerprint density at radius 1 is 1.10 bits per heavy atom. The minimum absolute atomic E-state index is 0.0253. The van der Waals surface area contributed by atoms with E-state index in [4.69, 9.17) is 5.73 Å². The van der Waals surface area contributed by atoms with Crippen LogP contribution in [0.3, 0.4) is 0 Å². The van der Waals surface area contributed by atoms with Crippen LogP contribution in [-0.4, -0.2) is 79.4 Å². The lowest BCUT2D eigenvalue weighted by atomic mass is 9.58. The van der Waals surface area contributed by atoms with Crippen molar-refractivity contribution >= 4 is 23.4 Å². The number of carbonyl (C=O) groups is 4. The van der Waals surface area contributed by atoms with Gasteiger partial charge >= 0.3 is 0 Å². The van der Waals surface area contributed by atoms with E-state index in [1.54, 1.807) is 32.4 Å². The molecule has 0 radical (unpaired) electrons. The van der Waals surface area contributed by atoms with Crippen molar-refractivity contribution in [3.05, 3.63) is 81.1 Å². The zero-order valence-electron chi connectivity index (χ0n) is 27.2. The van der Waals surface area contributed by atoms with Crippen LogP contribution in [0.1, 0.15) is 82.4 Å². The number of primary amides is 1. The first-order valence-electron chi connectivity index (χ1n) is 16.6. The van der Waals surface area contributed by atoms with Crippen molar-refractivity contribution in [1.82, 2.24) is 15.2 Å². The lowest BCUT2D eigenvalue weighted by molar-refractivity contribution is -0.148. The Kier molecular flexibility index (Phi) is 8.90. The number of phenolic OH excluding ortho intramolecular Hbond substituents is 1. The summed E-state index contributed by atoms with van der Waals surface area (Å²) in [4.78, 5) is 58.7. The predicted octanol–water partition coefficient (Wildman–Crippen LogP) is 2.96. The third-order valence-electron chi connectivity index (χ3n) is 10.8. The number of nitrogens with two attached hydrogens (primary N) is 1. The summed E-state index contributed by atoms with van der Waals surface area (Å²) >= 11 is 0. The average molecular weight is 659 g/mol. The van der Waals surface area contributed by atoms with Gasteiger partial charge in [-0.25, -0.2) is 0 Å². The fourth-order valence-corrected chi connectivity index (χ4v) is 8.43. The van der Waals surface area contributed by atoms with Gasteiger partial charge in [-0.05, 0) is 74.9 Å². The Morgan fingerprint density at radius 2 is 1.83 bits per heavy atom. The summed E-state index contributed by atoms with van der Waals surface area (Å²) in [5.41, 5.74) is 3.77. The van der Waals surface area contributed by atoms with Crippen LogP contribution >= 0.6 is 0 Å². The number of likely N-dealkylation sites (N-methyl/N-ethyl adjacent to an activating group) is 1. The summed E-state index contributed by atoms with van der Waals surface area (Å²) in [7, 11) is 3.20. The number of phenols is 1. The second-order valence-electron chi connectivity index (χ2n) is 13.8. The van der Waals surface area contributed by atoms with Crippen molar-refractivity contribution in [3.63, 3.8) is 0 Å². The fourth-order valence-electron chi connectivity index (χ4n) is 8.43. The van der Waals surface area contributed by atoms with Crippen LogP contribution in [0.5, 0.6) is 5.75 Å². The number of allylic oxidation sites excluding steroid dienone is 1. The number of hydrogen-bond donors (Lipinski definition) is 6. The first kappa shape index (κ1) is 33.4. The van der Waals surface area contributed by atoms with E-state index in [1.807, 2.05) is 6.07 Å². The van der Waals surface area contributed by atoms with Crippen molar-refractivity contribution in [3.8, 4) is 5.75 Å². The molecule has 4 aliphatic rings. The second kappa shape index (κ2) is 12.8. The molecular formula is C36H42N4O8. The van der Waals surface area contributed by atoms with Gasteiger partial charge in [0.1, 0.15) is 22.8 Å². The highest BCUT2D eigenvalue weighted by atomic mass is 16.3. The number of Topliss-reactive ketones (excluding diaryl/α,β-unsaturated/α-hetero) is 2. The Hall–Kier alpha value is -4.55. The quantitative estimate of drug-likeness (QED) is 0.229. The first-order valence-corrected chi connectivity index (χ1v) is 16.6. The smallest absolute Gasteiger partial charge is 0.255 e. The molecule has 1 aromatic heterocycles. The molecule has 0 bridgehead atoms. The highest BCUT2D eigenvalue weighted by Gasteiger charge is 2.63. The van der Waals surface area contributed by atoms with Crippen molar-refractivity contribution < 1.29 is 39.6 Å². The number of nitrogens with zero attached hydrogens (tertiary/aromatic N) is 2. The van der Waals surface area contributed by atoms with Gasteiger partial charge < -0.3 is 31.5 Å². The molecule has 48 heavy (non-hydrogen) atoms. The minimum atomic E-state index is -2.71. The third kappa shape index (κ3) is 5.46. The van der Waals surface area contributed by atoms with Gasteiger partial charge in [-0.2, -0.15) is 0 Å². The number of aromatic hydroxyl groups is 1. The number of hydrogen-bond acceptors (Lipinski definition) is 10. The number of aliphatic hydroxyl groups is 3. The monoisotopic (exact) mass is 658 g/mol. The Bertz CT molecular complexity index is 1740. The van der Waals surface area contributed by atoms with Gasteiger partial charge in [-0.15, -0.1) is 0 Å². The van der Waals surface area contributed by atoms with Gasteiger partial charge in [0.2, 0.25) is 5.78 Å². The topological polar surface area (TPSA) is 203 Å². The van der Waals surface area contributed by atoms with Gasteiger partial charge in [0.15, 0.2) is 11.4 Å². The number of nitrogens with one attached hydrogen (secondary N) is 1. The fraction of sp³-hybridized carbons (Fsp3) is 0.472. The van der Waals surface area contributed by atoms with Crippen molar-refractivity contribution in [2.75, 3.05) is 14.1 Å². The molecule has 2 amide bonds. The third-order valence-corrected chi connectivity index (χ3v) is 10.8. The number of ketones is 2. The van der Waals surface area contributed by atoms with E-state index in [-0.39, 0.29) is 36.3 Å². The van der Waals surface area contributed by atoms with E-state index < -0.39 is 64.0 Å². The summed E-state index contributed by atoms with van der Waals surface area (Å²) in [5.74, 6) is -6.77. The Balaban J connectivity index is 1.43. The molecule has 12 nitrogen and oxygen atoms in total. The standard InChI is InChI=1S/C36H42N4O8/c1-40(2)28-24-15-21-14-23-19(11-10-18-7-4-3-5-8-18)13-22(17-39-35(47)20-9-6-12-38-16-20)29(41)26(23)30(42)25(21)32(44)36(24,48)33(45)27(31(28)43)34(37)46/h6,9,12-13,16,18,21,24,28,41,43-44,48H,3-5,7-8,10-11,14-15,17H2,1-2H3,(H2,37,46)(H,39,47)/t21-,24-,28+,36+/m0/s1. The summed E-state index contributed by atoms with van der Waals surface area (Å²) in [6.07, 6.45) is 10.6. The molecule has 4 atom stereocenters. The summed E-state index contributed by atoms with van der Waals surface area (Å²) < 4.78 is 0. The highest BCUT2D eigenvalue weighted by Crippen LogP contribution is 2.53. The molecule has 254 valence electrons. The van der Waals surface area contributed by atoms with Crippen molar-refractivity contribution in [2.45, 2.75) is 76.0 Å². The van der Waals surface area contributed by atoms with E-state index in [2.05, 4.69) is 10.3 Å². The lowest BCUT2D eigenvalue weighted by Gasteiger charge is -2.50. The number of pyridine rings is 1. The average Bonchev–Trinajstić information content (AvgIpc) is 3.06. The Labute approximate surface area is 278 Å². The zero-order valence-corrected chi connectivity index (χ0v) is 27.2.